The highest BCUT2D eigenvalue weighted by Crippen LogP contribution is 2.12. The van der Waals surface area contributed by atoms with Gasteiger partial charge < -0.3 is 5.32 Å². The second-order valence-corrected chi connectivity index (χ2v) is 4.70. The minimum atomic E-state index is 0.775. The van der Waals surface area contributed by atoms with Crippen molar-refractivity contribution in [1.82, 2.24) is 0 Å². The van der Waals surface area contributed by atoms with Gasteiger partial charge in [-0.25, -0.2) is 0 Å². The van der Waals surface area contributed by atoms with Crippen LogP contribution in [0.1, 0.15) is 46.0 Å². The first-order chi connectivity index (χ1) is 7.83. The number of unbranched alkanes of at least 4 members (excludes halogenated alkanes) is 3. The van der Waals surface area contributed by atoms with Gasteiger partial charge in [0.1, 0.15) is 0 Å². The van der Waals surface area contributed by atoms with E-state index in [4.69, 9.17) is 0 Å². The maximum Gasteiger partial charge on any atom is 0.0340 e. The molecule has 1 N–H and O–H groups in total. The van der Waals surface area contributed by atoms with Crippen LogP contribution in [0.15, 0.2) is 30.3 Å². The summed E-state index contributed by atoms with van der Waals surface area (Å²) < 4.78 is 0. The molecule has 90 valence electrons. The molecule has 0 fully saturated rings. The molecule has 0 aliphatic carbocycles. The molecule has 1 aromatic rings. The minimum Gasteiger partial charge on any atom is -0.385 e. The van der Waals surface area contributed by atoms with Gasteiger partial charge in [-0.05, 0) is 24.5 Å². The monoisotopic (exact) mass is 219 g/mol. The summed E-state index contributed by atoms with van der Waals surface area (Å²) in [7, 11) is 0. The summed E-state index contributed by atoms with van der Waals surface area (Å²) in [6.45, 7) is 5.69. The standard InChI is InChI=1S/C15H25N/c1-3-4-5-7-10-14(2)13-16-15-11-8-6-9-12-15/h6,8-9,11-12,14,16H,3-5,7,10,13H2,1-2H3. The molecular formula is C15H25N. The lowest BCUT2D eigenvalue weighted by Crippen LogP contribution is -2.11. The van der Waals surface area contributed by atoms with Crippen LogP contribution in [0.4, 0.5) is 5.69 Å². The first kappa shape index (κ1) is 13.1. The normalized spacial score (nSPS) is 12.4. The van der Waals surface area contributed by atoms with Gasteiger partial charge >= 0.3 is 0 Å². The molecule has 0 spiro atoms. The van der Waals surface area contributed by atoms with Gasteiger partial charge in [-0.15, -0.1) is 0 Å². The molecule has 0 saturated carbocycles. The largest absolute Gasteiger partial charge is 0.385 e. The number of benzene rings is 1. The average Bonchev–Trinajstić information content (AvgIpc) is 2.33. The highest BCUT2D eigenvalue weighted by atomic mass is 14.9. The van der Waals surface area contributed by atoms with Crippen LogP contribution in [0, 0.1) is 5.92 Å². The number of anilines is 1. The number of rotatable bonds is 8. The molecule has 0 bridgehead atoms. The molecule has 1 unspecified atom stereocenters. The predicted molar refractivity (Wildman–Crippen MR) is 72.9 cm³/mol. The SMILES string of the molecule is CCCCCCC(C)CNc1ccccc1. The van der Waals surface area contributed by atoms with E-state index in [0.717, 1.165) is 12.5 Å². The molecule has 0 aliphatic heterocycles. The molecule has 0 aromatic heterocycles. The van der Waals surface area contributed by atoms with E-state index in [9.17, 15) is 0 Å². The number of para-hydroxylation sites is 1. The van der Waals surface area contributed by atoms with Crippen LogP contribution in [0.2, 0.25) is 0 Å². The molecule has 1 aromatic carbocycles. The van der Waals surface area contributed by atoms with Gasteiger partial charge in [0, 0.05) is 12.2 Å². The van der Waals surface area contributed by atoms with Gasteiger partial charge in [0.15, 0.2) is 0 Å². The number of nitrogens with one attached hydrogen (secondary N) is 1. The zero-order valence-electron chi connectivity index (χ0n) is 10.7. The van der Waals surface area contributed by atoms with Crippen molar-refractivity contribution in [3.8, 4) is 0 Å². The summed E-state index contributed by atoms with van der Waals surface area (Å²) in [5.41, 5.74) is 1.24. The predicted octanol–water partition coefficient (Wildman–Crippen LogP) is 4.71. The highest BCUT2D eigenvalue weighted by Gasteiger charge is 2.01. The summed E-state index contributed by atoms with van der Waals surface area (Å²) >= 11 is 0. The van der Waals surface area contributed by atoms with E-state index >= 15 is 0 Å². The fourth-order valence-electron chi connectivity index (χ4n) is 1.87. The van der Waals surface area contributed by atoms with Crippen molar-refractivity contribution in [3.05, 3.63) is 30.3 Å². The Morgan fingerprint density at radius 1 is 1.06 bits per heavy atom. The molecule has 1 rings (SSSR count). The molecule has 1 atom stereocenters. The summed E-state index contributed by atoms with van der Waals surface area (Å²) in [4.78, 5) is 0. The van der Waals surface area contributed by atoms with Gasteiger partial charge in [0.2, 0.25) is 0 Å². The third-order valence-corrected chi connectivity index (χ3v) is 2.98. The highest BCUT2D eigenvalue weighted by molar-refractivity contribution is 5.42. The third kappa shape index (κ3) is 5.79. The Labute approximate surface area is 100 Å². The fourth-order valence-corrected chi connectivity index (χ4v) is 1.87. The Bertz CT molecular complexity index is 255. The first-order valence-electron chi connectivity index (χ1n) is 6.62. The summed E-state index contributed by atoms with van der Waals surface area (Å²) in [6, 6.07) is 10.5. The summed E-state index contributed by atoms with van der Waals surface area (Å²) in [5, 5.41) is 3.49. The zero-order chi connectivity index (χ0) is 11.6. The zero-order valence-corrected chi connectivity index (χ0v) is 10.7. The molecule has 1 heteroatoms. The lowest BCUT2D eigenvalue weighted by molar-refractivity contribution is 0.508. The van der Waals surface area contributed by atoms with E-state index in [-0.39, 0.29) is 0 Å². The number of hydrogen-bond donors (Lipinski definition) is 1. The van der Waals surface area contributed by atoms with E-state index in [1.54, 1.807) is 0 Å². The first-order valence-corrected chi connectivity index (χ1v) is 6.62. The Morgan fingerprint density at radius 3 is 2.50 bits per heavy atom. The van der Waals surface area contributed by atoms with Crippen LogP contribution >= 0.6 is 0 Å². The van der Waals surface area contributed by atoms with Crippen molar-refractivity contribution < 1.29 is 0 Å². The second-order valence-electron chi connectivity index (χ2n) is 4.70. The van der Waals surface area contributed by atoms with Crippen LogP contribution < -0.4 is 5.32 Å². The Morgan fingerprint density at radius 2 is 1.81 bits per heavy atom. The van der Waals surface area contributed by atoms with E-state index in [2.05, 4.69) is 49.5 Å². The Kier molecular flexibility index (Phi) is 6.71. The Balaban J connectivity index is 2.08. The fraction of sp³-hybridized carbons (Fsp3) is 0.600. The van der Waals surface area contributed by atoms with Crippen LogP contribution in [-0.2, 0) is 0 Å². The molecule has 0 saturated heterocycles. The van der Waals surface area contributed by atoms with Gasteiger partial charge in [0.25, 0.3) is 0 Å². The topological polar surface area (TPSA) is 12.0 Å². The molecule has 0 aliphatic rings. The number of hydrogen-bond acceptors (Lipinski definition) is 1. The van der Waals surface area contributed by atoms with Crippen molar-refractivity contribution in [2.45, 2.75) is 46.0 Å². The van der Waals surface area contributed by atoms with Gasteiger partial charge in [0.05, 0.1) is 0 Å². The van der Waals surface area contributed by atoms with Crippen molar-refractivity contribution in [1.29, 1.82) is 0 Å². The van der Waals surface area contributed by atoms with Gasteiger partial charge in [-0.2, -0.15) is 0 Å². The molecule has 16 heavy (non-hydrogen) atoms. The van der Waals surface area contributed by atoms with Crippen LogP contribution in [0.3, 0.4) is 0 Å². The Hall–Kier alpha value is -0.980. The van der Waals surface area contributed by atoms with Crippen LogP contribution in [0.25, 0.3) is 0 Å². The van der Waals surface area contributed by atoms with Crippen molar-refractivity contribution in [3.63, 3.8) is 0 Å². The maximum absolute atomic E-state index is 3.49. The molecule has 1 nitrogen and oxygen atoms in total. The van der Waals surface area contributed by atoms with Gasteiger partial charge in [-0.1, -0.05) is 57.7 Å². The molecule has 0 heterocycles. The molecule has 0 amide bonds. The second kappa shape index (κ2) is 8.20. The molecule has 0 radical (unpaired) electrons. The van der Waals surface area contributed by atoms with E-state index in [1.165, 1.54) is 37.8 Å². The van der Waals surface area contributed by atoms with E-state index in [0.29, 0.717) is 0 Å². The summed E-state index contributed by atoms with van der Waals surface area (Å²) in [5.74, 6) is 0.775. The van der Waals surface area contributed by atoms with Crippen LogP contribution in [-0.4, -0.2) is 6.54 Å². The minimum absolute atomic E-state index is 0.775. The van der Waals surface area contributed by atoms with Gasteiger partial charge in [-0.3, -0.25) is 0 Å². The van der Waals surface area contributed by atoms with E-state index in [1.807, 2.05) is 0 Å². The maximum atomic E-state index is 3.49. The van der Waals surface area contributed by atoms with Crippen molar-refractivity contribution in [2.24, 2.45) is 5.92 Å². The van der Waals surface area contributed by atoms with E-state index < -0.39 is 0 Å². The quantitative estimate of drug-likeness (QED) is 0.625. The lowest BCUT2D eigenvalue weighted by atomic mass is 10.0. The summed E-state index contributed by atoms with van der Waals surface area (Å²) in [6.07, 6.45) is 6.84. The average molecular weight is 219 g/mol. The van der Waals surface area contributed by atoms with Crippen LogP contribution in [0.5, 0.6) is 0 Å². The molecular weight excluding hydrogens is 194 g/mol. The smallest absolute Gasteiger partial charge is 0.0340 e. The van der Waals surface area contributed by atoms with Crippen molar-refractivity contribution >= 4 is 5.69 Å². The van der Waals surface area contributed by atoms with Crippen molar-refractivity contribution in [2.75, 3.05) is 11.9 Å². The lowest BCUT2D eigenvalue weighted by Gasteiger charge is -2.13. The third-order valence-electron chi connectivity index (χ3n) is 2.98.